The molecule has 2 aromatic carbocycles. The number of nitrogens with one attached hydrogen (secondary N) is 1. The minimum Gasteiger partial charge on any atom is -0.497 e. The molecule has 0 radical (unpaired) electrons. The van der Waals surface area contributed by atoms with E-state index in [4.69, 9.17) is 4.74 Å². The Balaban J connectivity index is 1.70. The molecular weight excluding hydrogens is 396 g/mol. The van der Waals surface area contributed by atoms with Crippen molar-refractivity contribution in [2.24, 2.45) is 5.92 Å². The molecule has 3 aromatic rings. The highest BCUT2D eigenvalue weighted by atomic mass is 32.2. The summed E-state index contributed by atoms with van der Waals surface area (Å²) in [5.41, 5.74) is 2.05. The van der Waals surface area contributed by atoms with Crippen LogP contribution in [-0.2, 0) is 11.3 Å². The molecule has 3 rings (SSSR count). The highest BCUT2D eigenvalue weighted by molar-refractivity contribution is 7.99. The van der Waals surface area contributed by atoms with E-state index >= 15 is 0 Å². The third kappa shape index (κ3) is 5.63. The van der Waals surface area contributed by atoms with E-state index in [9.17, 15) is 4.79 Å². The predicted molar refractivity (Wildman–Crippen MR) is 121 cm³/mol. The molecule has 0 saturated heterocycles. The number of carbonyl (C=O) groups excluding carboxylic acids is 1. The summed E-state index contributed by atoms with van der Waals surface area (Å²) in [6.07, 6.45) is 0. The van der Waals surface area contributed by atoms with Gasteiger partial charge in [0.05, 0.1) is 18.9 Å². The van der Waals surface area contributed by atoms with Crippen LogP contribution in [0.3, 0.4) is 0 Å². The van der Waals surface area contributed by atoms with E-state index in [0.717, 1.165) is 34.4 Å². The molecule has 0 fully saturated rings. The number of thioether (sulfide) groups is 1. The molecule has 30 heavy (non-hydrogen) atoms. The minimum atomic E-state index is -0.0392. The summed E-state index contributed by atoms with van der Waals surface area (Å²) in [5, 5.41) is 12.6. The second kappa shape index (κ2) is 10.3. The zero-order chi connectivity index (χ0) is 21.5. The number of benzene rings is 2. The predicted octanol–water partition coefficient (Wildman–Crippen LogP) is 4.58. The number of amides is 1. The fraction of sp³-hybridized carbons (Fsp3) is 0.348. The first-order valence-corrected chi connectivity index (χ1v) is 11.0. The van der Waals surface area contributed by atoms with Crippen LogP contribution in [0.1, 0.15) is 32.4 Å². The van der Waals surface area contributed by atoms with Crippen molar-refractivity contribution >= 4 is 17.7 Å². The smallest absolute Gasteiger partial charge is 0.230 e. The molecule has 6 nitrogen and oxygen atoms in total. The number of methoxy groups -OCH3 is 1. The highest BCUT2D eigenvalue weighted by Gasteiger charge is 2.17. The first-order valence-electron chi connectivity index (χ1n) is 10.0. The van der Waals surface area contributed by atoms with E-state index in [-0.39, 0.29) is 17.7 Å². The van der Waals surface area contributed by atoms with Crippen LogP contribution in [0, 0.1) is 5.92 Å². The largest absolute Gasteiger partial charge is 0.497 e. The number of ether oxygens (including phenoxy) is 1. The van der Waals surface area contributed by atoms with Gasteiger partial charge in [-0.3, -0.25) is 4.79 Å². The number of nitrogens with zero attached hydrogens (tertiary/aromatic N) is 3. The topological polar surface area (TPSA) is 69.0 Å². The summed E-state index contributed by atoms with van der Waals surface area (Å²) in [6.45, 7) is 7.07. The summed E-state index contributed by atoms with van der Waals surface area (Å²) in [5.74, 6) is 2.28. The van der Waals surface area contributed by atoms with Gasteiger partial charge in [0, 0.05) is 12.1 Å². The summed E-state index contributed by atoms with van der Waals surface area (Å²) in [7, 11) is 1.65. The number of aromatic nitrogens is 3. The number of rotatable bonds is 9. The number of hydrogen-bond donors (Lipinski definition) is 1. The SMILES string of the molecule is COc1ccc(-c2nnc(SCC(=O)NC(C)c3ccccc3)n2CC(C)C)cc1. The molecule has 0 aliphatic rings. The van der Waals surface area contributed by atoms with Crippen molar-refractivity contribution < 1.29 is 9.53 Å². The van der Waals surface area contributed by atoms with Crippen LogP contribution in [-0.4, -0.2) is 33.5 Å². The number of hydrogen-bond acceptors (Lipinski definition) is 5. The summed E-state index contributed by atoms with van der Waals surface area (Å²) in [4.78, 5) is 12.5. The maximum atomic E-state index is 12.5. The lowest BCUT2D eigenvalue weighted by molar-refractivity contribution is -0.119. The second-order valence-corrected chi connectivity index (χ2v) is 8.47. The van der Waals surface area contributed by atoms with Gasteiger partial charge in [-0.2, -0.15) is 0 Å². The maximum Gasteiger partial charge on any atom is 0.230 e. The average Bonchev–Trinajstić information content (AvgIpc) is 3.14. The Labute approximate surface area is 182 Å². The molecule has 0 aliphatic carbocycles. The Kier molecular flexibility index (Phi) is 7.52. The molecule has 158 valence electrons. The van der Waals surface area contributed by atoms with Crippen molar-refractivity contribution in [2.45, 2.75) is 38.5 Å². The van der Waals surface area contributed by atoms with Crippen LogP contribution in [0.4, 0.5) is 0 Å². The van der Waals surface area contributed by atoms with Gasteiger partial charge in [0.2, 0.25) is 5.91 Å². The Morgan fingerprint density at radius 1 is 1.07 bits per heavy atom. The van der Waals surface area contributed by atoms with Gasteiger partial charge in [0.25, 0.3) is 0 Å². The summed E-state index contributed by atoms with van der Waals surface area (Å²) >= 11 is 1.41. The maximum absolute atomic E-state index is 12.5. The molecule has 7 heteroatoms. The molecule has 1 amide bonds. The molecule has 0 aliphatic heterocycles. The summed E-state index contributed by atoms with van der Waals surface area (Å²) < 4.78 is 7.33. The molecule has 0 bridgehead atoms. The second-order valence-electron chi connectivity index (χ2n) is 7.53. The van der Waals surface area contributed by atoms with Crippen molar-refractivity contribution in [1.82, 2.24) is 20.1 Å². The third-order valence-corrected chi connectivity index (χ3v) is 5.59. The Morgan fingerprint density at radius 2 is 1.77 bits per heavy atom. The zero-order valence-corrected chi connectivity index (χ0v) is 18.6. The monoisotopic (exact) mass is 424 g/mol. The van der Waals surface area contributed by atoms with Crippen molar-refractivity contribution in [1.29, 1.82) is 0 Å². The Morgan fingerprint density at radius 3 is 2.40 bits per heavy atom. The van der Waals surface area contributed by atoms with Crippen molar-refractivity contribution in [3.8, 4) is 17.1 Å². The lowest BCUT2D eigenvalue weighted by atomic mass is 10.1. The van der Waals surface area contributed by atoms with Gasteiger partial charge in [-0.1, -0.05) is 55.9 Å². The van der Waals surface area contributed by atoms with Crippen LogP contribution in [0.5, 0.6) is 5.75 Å². The van der Waals surface area contributed by atoms with E-state index in [0.29, 0.717) is 5.92 Å². The molecule has 0 saturated carbocycles. The molecule has 1 unspecified atom stereocenters. The van der Waals surface area contributed by atoms with Gasteiger partial charge in [-0.25, -0.2) is 0 Å². The van der Waals surface area contributed by atoms with E-state index in [2.05, 4.69) is 33.9 Å². The van der Waals surface area contributed by atoms with Crippen LogP contribution in [0.2, 0.25) is 0 Å². The van der Waals surface area contributed by atoms with Gasteiger partial charge in [-0.15, -0.1) is 10.2 Å². The molecular formula is C23H28N4O2S. The first-order chi connectivity index (χ1) is 14.5. The lowest BCUT2D eigenvalue weighted by Crippen LogP contribution is -2.28. The van der Waals surface area contributed by atoms with Crippen molar-refractivity contribution in [3.05, 3.63) is 60.2 Å². The van der Waals surface area contributed by atoms with Gasteiger partial charge >= 0.3 is 0 Å². The molecule has 1 aromatic heterocycles. The third-order valence-electron chi connectivity index (χ3n) is 4.62. The molecule has 1 atom stereocenters. The standard InChI is InChI=1S/C23H28N4O2S/c1-16(2)14-27-22(19-10-12-20(29-4)13-11-19)25-26-23(27)30-15-21(28)24-17(3)18-8-6-5-7-9-18/h5-13,16-17H,14-15H2,1-4H3,(H,24,28). The zero-order valence-electron chi connectivity index (χ0n) is 17.8. The molecule has 1 heterocycles. The van der Waals surface area contributed by atoms with Crippen LogP contribution in [0.25, 0.3) is 11.4 Å². The van der Waals surface area contributed by atoms with E-state index < -0.39 is 0 Å². The summed E-state index contributed by atoms with van der Waals surface area (Å²) in [6, 6.07) is 17.7. The fourth-order valence-corrected chi connectivity index (χ4v) is 3.88. The molecule has 0 spiro atoms. The number of carbonyl (C=O) groups is 1. The van der Waals surface area contributed by atoms with Crippen LogP contribution < -0.4 is 10.1 Å². The first kappa shape index (κ1) is 21.9. The van der Waals surface area contributed by atoms with Gasteiger partial charge in [0.1, 0.15) is 5.75 Å². The lowest BCUT2D eigenvalue weighted by Gasteiger charge is -2.15. The Bertz CT molecular complexity index is 955. The van der Waals surface area contributed by atoms with Crippen LogP contribution in [0.15, 0.2) is 59.8 Å². The molecule has 1 N–H and O–H groups in total. The minimum absolute atomic E-state index is 0.0264. The van der Waals surface area contributed by atoms with E-state index in [1.54, 1.807) is 7.11 Å². The Hall–Kier alpha value is -2.80. The van der Waals surface area contributed by atoms with Crippen molar-refractivity contribution in [2.75, 3.05) is 12.9 Å². The van der Waals surface area contributed by atoms with E-state index in [1.807, 2.05) is 61.5 Å². The average molecular weight is 425 g/mol. The van der Waals surface area contributed by atoms with Gasteiger partial charge < -0.3 is 14.6 Å². The highest BCUT2D eigenvalue weighted by Crippen LogP contribution is 2.26. The fourth-order valence-electron chi connectivity index (χ4n) is 3.12. The quantitative estimate of drug-likeness (QED) is 0.509. The van der Waals surface area contributed by atoms with Gasteiger partial charge in [0.15, 0.2) is 11.0 Å². The normalized spacial score (nSPS) is 12.0. The van der Waals surface area contributed by atoms with Crippen LogP contribution >= 0.6 is 11.8 Å². The van der Waals surface area contributed by atoms with E-state index in [1.165, 1.54) is 11.8 Å². The van der Waals surface area contributed by atoms with Crippen molar-refractivity contribution in [3.63, 3.8) is 0 Å². The van der Waals surface area contributed by atoms with Gasteiger partial charge in [-0.05, 0) is 42.7 Å².